The van der Waals surface area contributed by atoms with Crippen LogP contribution in [-0.4, -0.2) is 26.3 Å². The van der Waals surface area contributed by atoms with Gasteiger partial charge in [-0.15, -0.1) is 0 Å². The Hall–Kier alpha value is -3.97. The highest BCUT2D eigenvalue weighted by molar-refractivity contribution is 5.71. The number of hydrogen-bond donors (Lipinski definition) is 0. The Morgan fingerprint density at radius 2 is 1.77 bits per heavy atom. The molecular formula is C28H31N7. The van der Waals surface area contributed by atoms with E-state index in [1.165, 1.54) is 0 Å². The third-order valence-electron chi connectivity index (χ3n) is 6.75. The number of benzene rings is 1. The zero-order chi connectivity index (χ0) is 24.8. The Balaban J connectivity index is 1.56. The van der Waals surface area contributed by atoms with Gasteiger partial charge in [-0.25, -0.2) is 4.68 Å². The highest BCUT2D eigenvalue weighted by atomic mass is 15.3. The first-order chi connectivity index (χ1) is 16.9. The molecule has 0 bridgehead atoms. The van der Waals surface area contributed by atoms with E-state index in [4.69, 9.17) is 0 Å². The molecule has 7 heteroatoms. The number of aromatic nitrogens is 4. The molecule has 1 aliphatic rings. The lowest BCUT2D eigenvalue weighted by molar-refractivity contribution is 0.311. The van der Waals surface area contributed by atoms with Crippen molar-refractivity contribution in [2.75, 3.05) is 0 Å². The van der Waals surface area contributed by atoms with Gasteiger partial charge in [0.25, 0.3) is 0 Å². The molecule has 0 atom stereocenters. The molecule has 1 aromatic carbocycles. The highest BCUT2D eigenvalue weighted by Gasteiger charge is 2.24. The van der Waals surface area contributed by atoms with Crippen molar-refractivity contribution in [3.8, 4) is 34.4 Å². The van der Waals surface area contributed by atoms with Crippen LogP contribution in [0.3, 0.4) is 0 Å². The summed E-state index contributed by atoms with van der Waals surface area (Å²) in [6.07, 6.45) is 14.2. The quantitative estimate of drug-likeness (QED) is 0.383. The Morgan fingerprint density at radius 3 is 2.43 bits per heavy atom. The van der Waals surface area contributed by atoms with E-state index in [0.29, 0.717) is 12.5 Å². The molecule has 0 amide bonds. The van der Waals surface area contributed by atoms with Crippen molar-refractivity contribution >= 4 is 12.9 Å². The van der Waals surface area contributed by atoms with Crippen LogP contribution in [0, 0.1) is 39.9 Å². The standard InChI is InChI=1S/C28H31N7/c1-28(2,19-30)20-34-18-25(16-32-34)23-8-10-24(11-9-23)26-17-33-35(13-12-31-3)27(26)14-21-4-6-22(15-29)7-5-21/h8-13,16-18,21-22H,3-7,14,20H2,1-2H3/b13-12-. The molecule has 1 aliphatic carbocycles. The largest absolute Gasteiger partial charge is 0.271 e. The zero-order valence-corrected chi connectivity index (χ0v) is 20.4. The van der Waals surface area contributed by atoms with Crippen LogP contribution < -0.4 is 0 Å². The van der Waals surface area contributed by atoms with Crippen LogP contribution in [0.5, 0.6) is 0 Å². The van der Waals surface area contributed by atoms with Crippen LogP contribution in [0.2, 0.25) is 0 Å². The van der Waals surface area contributed by atoms with Gasteiger partial charge in [-0.2, -0.15) is 20.7 Å². The molecule has 0 aliphatic heterocycles. The lowest BCUT2D eigenvalue weighted by Gasteiger charge is -2.25. The maximum Gasteiger partial charge on any atom is 0.0713 e. The first kappa shape index (κ1) is 24.2. The molecular weight excluding hydrogens is 434 g/mol. The second kappa shape index (κ2) is 10.5. The topological polar surface area (TPSA) is 95.6 Å². The van der Waals surface area contributed by atoms with E-state index in [1.54, 1.807) is 6.20 Å². The summed E-state index contributed by atoms with van der Waals surface area (Å²) in [6.45, 7) is 7.91. The molecule has 7 nitrogen and oxygen atoms in total. The van der Waals surface area contributed by atoms with Crippen LogP contribution in [-0.2, 0) is 13.0 Å². The van der Waals surface area contributed by atoms with Gasteiger partial charge < -0.3 is 0 Å². The van der Waals surface area contributed by atoms with Gasteiger partial charge in [-0.1, -0.05) is 24.3 Å². The Labute approximate surface area is 207 Å². The molecule has 2 aromatic heterocycles. The van der Waals surface area contributed by atoms with Crippen molar-refractivity contribution < 1.29 is 0 Å². The van der Waals surface area contributed by atoms with Crippen molar-refractivity contribution in [2.24, 2.45) is 22.2 Å². The average molecular weight is 466 g/mol. The van der Waals surface area contributed by atoms with E-state index < -0.39 is 5.41 Å². The summed E-state index contributed by atoms with van der Waals surface area (Å²) in [4.78, 5) is 3.84. The van der Waals surface area contributed by atoms with Gasteiger partial charge in [-0.3, -0.25) is 9.67 Å². The van der Waals surface area contributed by atoms with Crippen molar-refractivity contribution in [2.45, 2.75) is 52.5 Å². The fraction of sp³-hybridized carbons (Fsp3) is 0.393. The van der Waals surface area contributed by atoms with Gasteiger partial charge in [0.1, 0.15) is 0 Å². The summed E-state index contributed by atoms with van der Waals surface area (Å²) >= 11 is 0. The number of aliphatic imine (C=N–C) groups is 1. The highest BCUT2D eigenvalue weighted by Crippen LogP contribution is 2.34. The van der Waals surface area contributed by atoms with E-state index in [1.807, 2.05) is 48.0 Å². The smallest absolute Gasteiger partial charge is 0.0713 e. The van der Waals surface area contributed by atoms with Gasteiger partial charge in [-0.05, 0) is 69.7 Å². The number of rotatable bonds is 8. The minimum atomic E-state index is -0.465. The fourth-order valence-corrected chi connectivity index (χ4v) is 4.72. The predicted octanol–water partition coefficient (Wildman–Crippen LogP) is 5.96. The Bertz CT molecular complexity index is 1270. The van der Waals surface area contributed by atoms with Crippen LogP contribution >= 0.6 is 0 Å². The van der Waals surface area contributed by atoms with Gasteiger partial charge in [0.15, 0.2) is 0 Å². The van der Waals surface area contributed by atoms with E-state index in [9.17, 15) is 10.5 Å². The number of hydrogen-bond acceptors (Lipinski definition) is 5. The van der Waals surface area contributed by atoms with E-state index in [2.05, 4.69) is 58.3 Å². The Kier molecular flexibility index (Phi) is 7.27. The maximum absolute atomic E-state index is 9.29. The third-order valence-corrected chi connectivity index (χ3v) is 6.75. The van der Waals surface area contributed by atoms with Gasteiger partial charge >= 0.3 is 0 Å². The van der Waals surface area contributed by atoms with Crippen molar-refractivity contribution in [1.82, 2.24) is 19.6 Å². The normalized spacial score (nSPS) is 18.3. The van der Waals surface area contributed by atoms with Crippen molar-refractivity contribution in [3.05, 3.63) is 54.7 Å². The summed E-state index contributed by atoms with van der Waals surface area (Å²) in [5, 5.41) is 27.6. The van der Waals surface area contributed by atoms with Crippen LogP contribution in [0.1, 0.15) is 45.2 Å². The fourth-order valence-electron chi connectivity index (χ4n) is 4.72. The minimum Gasteiger partial charge on any atom is -0.271 e. The monoisotopic (exact) mass is 465 g/mol. The average Bonchev–Trinajstić information content (AvgIpc) is 3.50. The second-order valence-corrected chi connectivity index (χ2v) is 9.98. The van der Waals surface area contributed by atoms with Gasteiger partial charge in [0.05, 0.1) is 42.2 Å². The molecule has 0 saturated heterocycles. The second-order valence-electron chi connectivity index (χ2n) is 9.98. The molecule has 0 N–H and O–H groups in total. The lowest BCUT2D eigenvalue weighted by atomic mass is 9.80. The van der Waals surface area contributed by atoms with Crippen LogP contribution in [0.25, 0.3) is 28.5 Å². The molecule has 1 fully saturated rings. The summed E-state index contributed by atoms with van der Waals surface area (Å²) < 4.78 is 3.73. The summed E-state index contributed by atoms with van der Waals surface area (Å²) in [6, 6.07) is 13.2. The number of nitriles is 2. The van der Waals surface area contributed by atoms with Crippen LogP contribution in [0.15, 0.2) is 54.0 Å². The summed E-state index contributed by atoms with van der Waals surface area (Å²) in [5.74, 6) is 0.741. The molecule has 0 spiro atoms. The molecule has 0 radical (unpaired) electrons. The first-order valence-electron chi connectivity index (χ1n) is 12.1. The van der Waals surface area contributed by atoms with E-state index in [0.717, 1.165) is 60.1 Å². The predicted molar refractivity (Wildman–Crippen MR) is 138 cm³/mol. The first-order valence-corrected chi connectivity index (χ1v) is 12.1. The van der Waals surface area contributed by atoms with Crippen LogP contribution in [0.4, 0.5) is 0 Å². The molecule has 178 valence electrons. The molecule has 4 rings (SSSR count). The van der Waals surface area contributed by atoms with E-state index >= 15 is 0 Å². The Morgan fingerprint density at radius 1 is 1.06 bits per heavy atom. The maximum atomic E-state index is 9.29. The molecule has 2 heterocycles. The summed E-state index contributed by atoms with van der Waals surface area (Å²) in [5.41, 5.74) is 5.01. The number of nitrogens with zero attached hydrogens (tertiary/aromatic N) is 7. The van der Waals surface area contributed by atoms with Crippen molar-refractivity contribution in [1.29, 1.82) is 10.5 Å². The molecule has 0 unspecified atom stereocenters. The lowest BCUT2D eigenvalue weighted by Crippen LogP contribution is -2.17. The summed E-state index contributed by atoms with van der Waals surface area (Å²) in [7, 11) is 0. The molecule has 3 aromatic rings. The molecule has 1 saturated carbocycles. The van der Waals surface area contributed by atoms with Gasteiger partial charge in [0.2, 0.25) is 0 Å². The SMILES string of the molecule is C=N/C=C\n1ncc(-c2ccc(-c3cnn(CC(C)(C)C#N)c3)cc2)c1CC1CCC(C#N)CC1. The van der Waals surface area contributed by atoms with Gasteiger partial charge in [0, 0.05) is 35.6 Å². The molecule has 35 heavy (non-hydrogen) atoms. The van der Waals surface area contributed by atoms with Crippen molar-refractivity contribution in [3.63, 3.8) is 0 Å². The van der Waals surface area contributed by atoms with E-state index in [-0.39, 0.29) is 5.92 Å². The zero-order valence-electron chi connectivity index (χ0n) is 20.4. The third kappa shape index (κ3) is 5.75. The minimum absolute atomic E-state index is 0.198.